The second-order valence-electron chi connectivity index (χ2n) is 4.79. The molecule has 0 aliphatic heterocycles. The molecule has 0 saturated carbocycles. The normalized spacial score (nSPS) is 10.8. The molecule has 0 spiro atoms. The van der Waals surface area contributed by atoms with Crippen molar-refractivity contribution in [2.45, 2.75) is 6.92 Å². The number of carbonyl (C=O) groups is 1. The molecule has 106 valence electrons. The monoisotopic (exact) mass is 316 g/mol. The topological polar surface area (TPSA) is 55.1 Å². The van der Waals surface area contributed by atoms with Crippen molar-refractivity contribution in [2.75, 3.05) is 11.1 Å². The number of nitrogens with two attached hydrogens (primary N) is 1. The zero-order valence-electron chi connectivity index (χ0n) is 11.3. The lowest BCUT2D eigenvalue weighted by molar-refractivity contribution is 0.103. The second-order valence-corrected chi connectivity index (χ2v) is 6.22. The SMILES string of the molecule is Cc1ccc(NC(=O)c2sc3ccccc3c2Cl)c(N)c1. The van der Waals surface area contributed by atoms with Crippen molar-refractivity contribution in [3.05, 3.63) is 57.9 Å². The van der Waals surface area contributed by atoms with Crippen molar-refractivity contribution >= 4 is 50.3 Å². The summed E-state index contributed by atoms with van der Waals surface area (Å²) in [5.74, 6) is -0.239. The summed E-state index contributed by atoms with van der Waals surface area (Å²) in [5.41, 5.74) is 8.10. The Hall–Kier alpha value is -2.04. The molecule has 3 rings (SSSR count). The van der Waals surface area contributed by atoms with Gasteiger partial charge in [0.2, 0.25) is 0 Å². The zero-order valence-corrected chi connectivity index (χ0v) is 12.9. The number of nitrogen functional groups attached to an aromatic ring is 1. The molecule has 0 aliphatic carbocycles. The fourth-order valence-electron chi connectivity index (χ4n) is 2.14. The predicted octanol–water partition coefficient (Wildman–Crippen LogP) is 4.70. The van der Waals surface area contributed by atoms with Gasteiger partial charge in [-0.15, -0.1) is 11.3 Å². The Bertz CT molecular complexity index is 841. The zero-order chi connectivity index (χ0) is 15.0. The summed E-state index contributed by atoms with van der Waals surface area (Å²) in [6, 6.07) is 13.2. The van der Waals surface area contributed by atoms with E-state index in [0.717, 1.165) is 15.6 Å². The molecule has 21 heavy (non-hydrogen) atoms. The Morgan fingerprint density at radius 1 is 1.24 bits per heavy atom. The van der Waals surface area contributed by atoms with Gasteiger partial charge in [0.05, 0.1) is 16.4 Å². The van der Waals surface area contributed by atoms with Gasteiger partial charge in [-0.2, -0.15) is 0 Å². The van der Waals surface area contributed by atoms with Gasteiger partial charge in [0.1, 0.15) is 4.88 Å². The highest BCUT2D eigenvalue weighted by atomic mass is 35.5. The predicted molar refractivity (Wildman–Crippen MR) is 90.4 cm³/mol. The molecule has 0 aliphatic rings. The van der Waals surface area contributed by atoms with E-state index in [4.69, 9.17) is 17.3 Å². The molecule has 1 aromatic heterocycles. The van der Waals surface area contributed by atoms with E-state index in [0.29, 0.717) is 21.3 Å². The van der Waals surface area contributed by atoms with Crippen LogP contribution in [-0.4, -0.2) is 5.91 Å². The van der Waals surface area contributed by atoms with E-state index in [2.05, 4.69) is 5.32 Å². The first-order valence-corrected chi connectivity index (χ1v) is 7.60. The van der Waals surface area contributed by atoms with Gasteiger partial charge in [0.15, 0.2) is 0 Å². The molecule has 0 bridgehead atoms. The van der Waals surface area contributed by atoms with Gasteiger partial charge in [-0.3, -0.25) is 4.79 Å². The summed E-state index contributed by atoms with van der Waals surface area (Å²) >= 11 is 7.68. The smallest absolute Gasteiger partial charge is 0.267 e. The molecule has 0 radical (unpaired) electrons. The van der Waals surface area contributed by atoms with E-state index in [1.54, 1.807) is 6.07 Å². The Morgan fingerprint density at radius 2 is 2.00 bits per heavy atom. The maximum atomic E-state index is 12.4. The van der Waals surface area contributed by atoms with Crippen LogP contribution in [0, 0.1) is 6.92 Å². The van der Waals surface area contributed by atoms with Crippen LogP contribution in [-0.2, 0) is 0 Å². The van der Waals surface area contributed by atoms with Crippen molar-refractivity contribution < 1.29 is 4.79 Å². The van der Waals surface area contributed by atoms with Gasteiger partial charge in [-0.1, -0.05) is 35.9 Å². The van der Waals surface area contributed by atoms with Gasteiger partial charge in [-0.05, 0) is 30.7 Å². The number of carbonyl (C=O) groups excluding carboxylic acids is 1. The summed E-state index contributed by atoms with van der Waals surface area (Å²) in [7, 11) is 0. The number of hydrogen-bond donors (Lipinski definition) is 2. The maximum Gasteiger partial charge on any atom is 0.267 e. The van der Waals surface area contributed by atoms with Gasteiger partial charge in [-0.25, -0.2) is 0 Å². The minimum Gasteiger partial charge on any atom is -0.397 e. The van der Waals surface area contributed by atoms with Gasteiger partial charge in [0, 0.05) is 10.1 Å². The van der Waals surface area contributed by atoms with Crippen molar-refractivity contribution in [3.63, 3.8) is 0 Å². The van der Waals surface area contributed by atoms with Crippen molar-refractivity contribution in [1.82, 2.24) is 0 Å². The number of rotatable bonds is 2. The minimum absolute atomic E-state index is 0.239. The van der Waals surface area contributed by atoms with Crippen molar-refractivity contribution in [2.24, 2.45) is 0 Å². The maximum absolute atomic E-state index is 12.4. The van der Waals surface area contributed by atoms with Crippen LogP contribution in [0.1, 0.15) is 15.2 Å². The summed E-state index contributed by atoms with van der Waals surface area (Å²) in [6.07, 6.45) is 0. The lowest BCUT2D eigenvalue weighted by Gasteiger charge is -2.08. The molecule has 2 aromatic carbocycles. The summed E-state index contributed by atoms with van der Waals surface area (Å²) in [4.78, 5) is 12.9. The number of anilines is 2. The first kappa shape index (κ1) is 13.9. The van der Waals surface area contributed by atoms with E-state index in [1.807, 2.05) is 43.3 Å². The van der Waals surface area contributed by atoms with E-state index >= 15 is 0 Å². The second kappa shape index (κ2) is 5.39. The number of fused-ring (bicyclic) bond motifs is 1. The lowest BCUT2D eigenvalue weighted by Crippen LogP contribution is -2.12. The average Bonchev–Trinajstić information content (AvgIpc) is 2.80. The highest BCUT2D eigenvalue weighted by molar-refractivity contribution is 7.21. The highest BCUT2D eigenvalue weighted by Gasteiger charge is 2.17. The van der Waals surface area contributed by atoms with Crippen LogP contribution in [0.4, 0.5) is 11.4 Å². The van der Waals surface area contributed by atoms with E-state index < -0.39 is 0 Å². The third kappa shape index (κ3) is 2.60. The first-order chi connectivity index (χ1) is 10.1. The Morgan fingerprint density at radius 3 is 2.71 bits per heavy atom. The standard InChI is InChI=1S/C16H13ClN2OS/c1-9-6-7-12(11(18)8-9)19-16(20)15-14(17)10-4-2-3-5-13(10)21-15/h2-8H,18H2,1H3,(H,19,20). The number of halogens is 1. The van der Waals surface area contributed by atoms with E-state index in [-0.39, 0.29) is 5.91 Å². The van der Waals surface area contributed by atoms with Crippen LogP contribution >= 0.6 is 22.9 Å². The molecule has 1 heterocycles. The van der Waals surface area contributed by atoms with E-state index in [1.165, 1.54) is 11.3 Å². The minimum atomic E-state index is -0.239. The van der Waals surface area contributed by atoms with Crippen LogP contribution < -0.4 is 11.1 Å². The third-order valence-electron chi connectivity index (χ3n) is 3.20. The molecule has 3 N–H and O–H groups in total. The first-order valence-electron chi connectivity index (χ1n) is 6.41. The largest absolute Gasteiger partial charge is 0.397 e. The Balaban J connectivity index is 1.95. The van der Waals surface area contributed by atoms with Crippen LogP contribution in [0.25, 0.3) is 10.1 Å². The average molecular weight is 317 g/mol. The van der Waals surface area contributed by atoms with E-state index in [9.17, 15) is 4.79 Å². The van der Waals surface area contributed by atoms with Gasteiger partial charge >= 0.3 is 0 Å². The number of thiophene rings is 1. The molecule has 0 saturated heterocycles. The molecular formula is C16H13ClN2OS. The van der Waals surface area contributed by atoms with Crippen molar-refractivity contribution in [3.8, 4) is 0 Å². The number of benzene rings is 2. The number of aryl methyl sites for hydroxylation is 1. The molecule has 3 nitrogen and oxygen atoms in total. The molecule has 0 fully saturated rings. The fraction of sp³-hybridized carbons (Fsp3) is 0.0625. The van der Waals surface area contributed by atoms with Crippen LogP contribution in [0.15, 0.2) is 42.5 Å². The molecular weight excluding hydrogens is 304 g/mol. The lowest BCUT2D eigenvalue weighted by atomic mass is 10.2. The van der Waals surface area contributed by atoms with Gasteiger partial charge in [0.25, 0.3) is 5.91 Å². The third-order valence-corrected chi connectivity index (χ3v) is 4.87. The Labute approximate surface area is 131 Å². The molecule has 5 heteroatoms. The van der Waals surface area contributed by atoms with Crippen LogP contribution in [0.2, 0.25) is 5.02 Å². The van der Waals surface area contributed by atoms with Crippen LogP contribution in [0.5, 0.6) is 0 Å². The molecule has 0 unspecified atom stereocenters. The fourth-order valence-corrected chi connectivity index (χ4v) is 3.55. The number of nitrogens with one attached hydrogen (secondary N) is 1. The van der Waals surface area contributed by atoms with Crippen LogP contribution in [0.3, 0.4) is 0 Å². The quantitative estimate of drug-likeness (QED) is 0.673. The molecule has 0 atom stereocenters. The van der Waals surface area contributed by atoms with Gasteiger partial charge < -0.3 is 11.1 Å². The summed E-state index contributed by atoms with van der Waals surface area (Å²) < 4.78 is 0.990. The summed E-state index contributed by atoms with van der Waals surface area (Å²) in [6.45, 7) is 1.95. The number of amides is 1. The summed E-state index contributed by atoms with van der Waals surface area (Å²) in [5, 5.41) is 4.20. The highest BCUT2D eigenvalue weighted by Crippen LogP contribution is 2.35. The molecule has 1 amide bonds. The molecule has 3 aromatic rings. The Kier molecular flexibility index (Phi) is 3.57. The van der Waals surface area contributed by atoms with Crippen molar-refractivity contribution in [1.29, 1.82) is 0 Å². The number of hydrogen-bond acceptors (Lipinski definition) is 3.